The number of phenolic OH excluding ortho intramolecular Hbond substituents is 1. The normalized spacial score (nSPS) is 13.6. The molecule has 1 rings (SSSR count). The SMILES string of the molecule is N#Cc1cc(C(O)C(O)CCS)c(O)c([N+](=O)[O-])c1. The summed E-state index contributed by atoms with van der Waals surface area (Å²) in [5, 5.41) is 48.7. The van der Waals surface area contributed by atoms with Crippen molar-refractivity contribution < 1.29 is 20.2 Å². The Kier molecular flexibility index (Phi) is 5.11. The van der Waals surface area contributed by atoms with Gasteiger partial charge in [0.2, 0.25) is 0 Å². The fourth-order valence-electron chi connectivity index (χ4n) is 1.57. The Morgan fingerprint density at radius 3 is 2.58 bits per heavy atom. The predicted molar refractivity (Wildman–Crippen MR) is 68.9 cm³/mol. The zero-order valence-corrected chi connectivity index (χ0v) is 10.6. The van der Waals surface area contributed by atoms with Crippen LogP contribution in [0.4, 0.5) is 5.69 Å². The Morgan fingerprint density at radius 1 is 1.47 bits per heavy atom. The van der Waals surface area contributed by atoms with Crippen molar-refractivity contribution >= 4 is 18.3 Å². The summed E-state index contributed by atoms with van der Waals surface area (Å²) in [6.07, 6.45) is -2.63. The highest BCUT2D eigenvalue weighted by Gasteiger charge is 2.27. The van der Waals surface area contributed by atoms with Gasteiger partial charge in [-0.3, -0.25) is 10.1 Å². The summed E-state index contributed by atoms with van der Waals surface area (Å²) in [7, 11) is 0. The molecule has 0 radical (unpaired) electrons. The van der Waals surface area contributed by atoms with Gasteiger partial charge >= 0.3 is 5.69 Å². The van der Waals surface area contributed by atoms with Crippen molar-refractivity contribution in [3.8, 4) is 11.8 Å². The third kappa shape index (κ3) is 3.35. The van der Waals surface area contributed by atoms with Gasteiger partial charge in [-0.05, 0) is 18.2 Å². The standard InChI is InChI=1S/C11H12N2O5S/c12-5-6-3-7(11(16)9(14)1-2-19)10(15)8(4-6)13(17)18/h3-4,9,11,14-16,19H,1-2H2. The zero-order chi connectivity index (χ0) is 14.6. The van der Waals surface area contributed by atoms with Crippen LogP contribution in [0.25, 0.3) is 0 Å². The topological polar surface area (TPSA) is 128 Å². The Bertz CT molecular complexity index is 529. The number of benzene rings is 1. The van der Waals surface area contributed by atoms with E-state index in [4.69, 9.17) is 5.26 Å². The Balaban J connectivity index is 3.30. The molecule has 0 saturated heterocycles. The molecule has 0 amide bonds. The second-order valence-corrected chi connectivity index (χ2v) is 4.27. The Hall–Kier alpha value is -1.82. The fraction of sp³-hybridized carbons (Fsp3) is 0.364. The summed E-state index contributed by atoms with van der Waals surface area (Å²) in [6.45, 7) is 0. The van der Waals surface area contributed by atoms with Gasteiger partial charge < -0.3 is 15.3 Å². The maximum absolute atomic E-state index is 10.7. The van der Waals surface area contributed by atoms with Crippen molar-refractivity contribution in [1.82, 2.24) is 0 Å². The molecule has 0 fully saturated rings. The molecule has 0 aromatic heterocycles. The number of nitriles is 1. The molecule has 2 unspecified atom stereocenters. The summed E-state index contributed by atoms with van der Waals surface area (Å²) in [4.78, 5) is 9.88. The molecule has 0 aliphatic carbocycles. The van der Waals surface area contributed by atoms with E-state index in [1.54, 1.807) is 6.07 Å². The van der Waals surface area contributed by atoms with Crippen LogP contribution in [0.1, 0.15) is 23.7 Å². The Labute approximate surface area is 114 Å². The van der Waals surface area contributed by atoms with E-state index >= 15 is 0 Å². The monoisotopic (exact) mass is 284 g/mol. The van der Waals surface area contributed by atoms with Crippen LogP contribution in [-0.2, 0) is 0 Å². The van der Waals surface area contributed by atoms with Crippen molar-refractivity contribution in [2.75, 3.05) is 5.75 Å². The quantitative estimate of drug-likeness (QED) is 0.361. The first kappa shape index (κ1) is 15.2. The number of rotatable bonds is 5. The van der Waals surface area contributed by atoms with Gasteiger partial charge in [0.05, 0.1) is 22.7 Å². The molecule has 3 N–H and O–H groups in total. The smallest absolute Gasteiger partial charge is 0.312 e. The number of nitro groups is 1. The van der Waals surface area contributed by atoms with Gasteiger partial charge in [-0.2, -0.15) is 17.9 Å². The van der Waals surface area contributed by atoms with Crippen LogP contribution in [0.5, 0.6) is 5.75 Å². The predicted octanol–water partition coefficient (Wildman–Crippen LogP) is 0.886. The minimum atomic E-state index is -1.53. The molecule has 1 aromatic carbocycles. The third-order valence-corrected chi connectivity index (χ3v) is 2.81. The molecule has 7 nitrogen and oxygen atoms in total. The first-order valence-electron chi connectivity index (χ1n) is 5.30. The van der Waals surface area contributed by atoms with Gasteiger partial charge in [0.1, 0.15) is 6.10 Å². The summed E-state index contributed by atoms with van der Waals surface area (Å²) in [6, 6.07) is 3.70. The number of aromatic hydroxyl groups is 1. The van der Waals surface area contributed by atoms with Crippen LogP contribution in [-0.4, -0.2) is 32.1 Å². The number of thiol groups is 1. The minimum absolute atomic E-state index is 0.0865. The lowest BCUT2D eigenvalue weighted by Gasteiger charge is -2.18. The number of aliphatic hydroxyl groups is 2. The maximum atomic E-state index is 10.7. The van der Waals surface area contributed by atoms with E-state index in [9.17, 15) is 25.4 Å². The van der Waals surface area contributed by atoms with Crippen LogP contribution in [0.3, 0.4) is 0 Å². The molecular formula is C11H12N2O5S. The van der Waals surface area contributed by atoms with Gasteiger partial charge in [-0.25, -0.2) is 0 Å². The summed E-state index contributed by atoms with van der Waals surface area (Å²) in [5.74, 6) is -0.464. The summed E-state index contributed by atoms with van der Waals surface area (Å²) >= 11 is 3.89. The molecule has 2 atom stereocenters. The van der Waals surface area contributed by atoms with E-state index in [2.05, 4.69) is 12.6 Å². The summed E-state index contributed by atoms with van der Waals surface area (Å²) < 4.78 is 0. The zero-order valence-electron chi connectivity index (χ0n) is 9.72. The van der Waals surface area contributed by atoms with Crippen LogP contribution < -0.4 is 0 Å². The lowest BCUT2D eigenvalue weighted by molar-refractivity contribution is -0.386. The van der Waals surface area contributed by atoms with E-state index in [1.165, 1.54) is 0 Å². The fourth-order valence-corrected chi connectivity index (χ4v) is 1.83. The van der Waals surface area contributed by atoms with E-state index in [-0.39, 0.29) is 17.5 Å². The number of phenols is 1. The molecule has 0 spiro atoms. The first-order chi connectivity index (χ1) is 8.92. The second kappa shape index (κ2) is 6.38. The highest BCUT2D eigenvalue weighted by atomic mass is 32.1. The van der Waals surface area contributed by atoms with Gasteiger partial charge in [0.15, 0.2) is 5.75 Å². The number of aliphatic hydroxyl groups excluding tert-OH is 2. The van der Waals surface area contributed by atoms with Crippen molar-refractivity contribution in [3.05, 3.63) is 33.4 Å². The largest absolute Gasteiger partial charge is 0.502 e. The maximum Gasteiger partial charge on any atom is 0.312 e. The van der Waals surface area contributed by atoms with Crippen molar-refractivity contribution in [1.29, 1.82) is 5.26 Å². The lowest BCUT2D eigenvalue weighted by Crippen LogP contribution is -2.19. The minimum Gasteiger partial charge on any atom is -0.502 e. The third-order valence-electron chi connectivity index (χ3n) is 2.55. The van der Waals surface area contributed by atoms with Crippen molar-refractivity contribution in [2.45, 2.75) is 18.6 Å². The molecular weight excluding hydrogens is 272 g/mol. The molecule has 0 heterocycles. The van der Waals surface area contributed by atoms with Crippen LogP contribution >= 0.6 is 12.6 Å². The number of nitro benzene ring substituents is 1. The lowest BCUT2D eigenvalue weighted by atomic mass is 9.98. The summed E-state index contributed by atoms with van der Waals surface area (Å²) in [5.41, 5.74) is -1.03. The highest BCUT2D eigenvalue weighted by molar-refractivity contribution is 7.80. The number of hydrogen-bond acceptors (Lipinski definition) is 7. The second-order valence-electron chi connectivity index (χ2n) is 3.83. The van der Waals surface area contributed by atoms with Crippen LogP contribution in [0.2, 0.25) is 0 Å². The molecule has 102 valence electrons. The molecule has 8 heteroatoms. The van der Waals surface area contributed by atoms with Gasteiger partial charge in [0.25, 0.3) is 0 Å². The van der Waals surface area contributed by atoms with E-state index in [1.807, 2.05) is 0 Å². The van der Waals surface area contributed by atoms with E-state index < -0.39 is 28.6 Å². The molecule has 0 aliphatic heterocycles. The average molecular weight is 284 g/mol. The highest BCUT2D eigenvalue weighted by Crippen LogP contribution is 2.36. The van der Waals surface area contributed by atoms with Gasteiger partial charge in [-0.15, -0.1) is 0 Å². The van der Waals surface area contributed by atoms with Gasteiger partial charge in [0, 0.05) is 11.6 Å². The van der Waals surface area contributed by atoms with Crippen molar-refractivity contribution in [2.24, 2.45) is 0 Å². The Morgan fingerprint density at radius 2 is 2.11 bits per heavy atom. The molecule has 0 bridgehead atoms. The van der Waals surface area contributed by atoms with E-state index in [0.717, 1.165) is 12.1 Å². The molecule has 0 aliphatic rings. The molecule has 1 aromatic rings. The number of hydrogen-bond donors (Lipinski definition) is 4. The van der Waals surface area contributed by atoms with Gasteiger partial charge in [-0.1, -0.05) is 0 Å². The number of nitrogens with zero attached hydrogens (tertiary/aromatic N) is 2. The van der Waals surface area contributed by atoms with Crippen LogP contribution in [0.15, 0.2) is 12.1 Å². The van der Waals surface area contributed by atoms with Crippen LogP contribution in [0, 0.1) is 21.4 Å². The van der Waals surface area contributed by atoms with Crippen molar-refractivity contribution in [3.63, 3.8) is 0 Å². The molecule has 19 heavy (non-hydrogen) atoms. The average Bonchev–Trinajstić information content (AvgIpc) is 2.38. The molecule has 0 saturated carbocycles. The first-order valence-corrected chi connectivity index (χ1v) is 5.94. The van der Waals surface area contributed by atoms with E-state index in [0.29, 0.717) is 5.75 Å².